The summed E-state index contributed by atoms with van der Waals surface area (Å²) in [5.74, 6) is 0. The van der Waals surface area contributed by atoms with Crippen LogP contribution in [0.4, 0.5) is 5.69 Å². The molecule has 7 heteroatoms. The van der Waals surface area contributed by atoms with Crippen LogP contribution in [0.2, 0.25) is 0 Å². The highest BCUT2D eigenvalue weighted by Gasteiger charge is 2.14. The van der Waals surface area contributed by atoms with Gasteiger partial charge in [-0.25, -0.2) is 0 Å². The molecule has 0 fully saturated rings. The lowest BCUT2D eigenvalue weighted by atomic mass is 10.2. The number of aliphatic hydroxyl groups excluding tert-OH is 1. The zero-order valence-corrected chi connectivity index (χ0v) is 12.5. The van der Waals surface area contributed by atoms with Gasteiger partial charge in [-0.15, -0.1) is 0 Å². The molecule has 1 N–H and O–H groups in total. The molecule has 0 spiro atoms. The fraction of sp³-hybridized carbons (Fsp3) is 0.500. The molecule has 0 saturated heterocycles. The maximum atomic E-state index is 10.8. The number of hydrogen-bond donors (Lipinski definition) is 1. The molecule has 0 bridgehead atoms. The fourth-order valence-electron chi connectivity index (χ4n) is 1.78. The number of nitrogens with zero attached hydrogens (tertiary/aromatic N) is 2. The minimum atomic E-state index is -0.569. The van der Waals surface area contributed by atoms with E-state index in [1.165, 1.54) is 13.2 Å². The number of nitro groups is 1. The second kappa shape index (κ2) is 7.54. The van der Waals surface area contributed by atoms with Crippen LogP contribution in [0.1, 0.15) is 5.56 Å². The molecular weight excluding hydrogens is 316 g/mol. The van der Waals surface area contributed by atoms with Crippen LogP contribution < -0.4 is 0 Å². The molecule has 1 unspecified atom stereocenters. The van der Waals surface area contributed by atoms with Crippen molar-refractivity contribution >= 4 is 21.6 Å². The summed E-state index contributed by atoms with van der Waals surface area (Å²) in [4.78, 5) is 12.3. The minimum absolute atomic E-state index is 0.0448. The van der Waals surface area contributed by atoms with Crippen molar-refractivity contribution < 1.29 is 14.8 Å². The molecule has 0 radical (unpaired) electrons. The first-order chi connectivity index (χ1) is 8.93. The molecule has 0 heterocycles. The smallest absolute Gasteiger partial charge is 0.283 e. The number of halogens is 1. The Bertz CT molecular complexity index is 442. The molecule has 0 saturated carbocycles. The number of likely N-dealkylation sites (N-methyl/N-ethyl adjacent to an activating group) is 1. The van der Waals surface area contributed by atoms with Crippen molar-refractivity contribution in [2.24, 2.45) is 0 Å². The first kappa shape index (κ1) is 16.0. The van der Waals surface area contributed by atoms with Crippen LogP contribution in [0.5, 0.6) is 0 Å². The molecule has 1 aromatic rings. The number of ether oxygens (including phenoxy) is 1. The van der Waals surface area contributed by atoms with E-state index in [1.807, 2.05) is 18.0 Å². The number of methoxy groups -OCH3 is 1. The van der Waals surface area contributed by atoms with E-state index in [2.05, 4.69) is 15.9 Å². The SMILES string of the molecule is COCC(O)CN(C)Cc1ccc(Br)c([N+](=O)[O-])c1. The van der Waals surface area contributed by atoms with Crippen LogP contribution in [0.25, 0.3) is 0 Å². The van der Waals surface area contributed by atoms with Crippen molar-refractivity contribution in [1.82, 2.24) is 4.90 Å². The molecule has 1 aromatic carbocycles. The zero-order chi connectivity index (χ0) is 14.4. The van der Waals surface area contributed by atoms with Crippen molar-refractivity contribution in [1.29, 1.82) is 0 Å². The van der Waals surface area contributed by atoms with Crippen molar-refractivity contribution in [3.8, 4) is 0 Å². The van der Waals surface area contributed by atoms with Crippen molar-refractivity contribution in [3.63, 3.8) is 0 Å². The number of nitro benzene ring substituents is 1. The number of benzene rings is 1. The van der Waals surface area contributed by atoms with E-state index in [0.717, 1.165) is 5.56 Å². The van der Waals surface area contributed by atoms with Crippen LogP contribution in [0.15, 0.2) is 22.7 Å². The van der Waals surface area contributed by atoms with Gasteiger partial charge in [-0.05, 0) is 34.6 Å². The summed E-state index contributed by atoms with van der Waals surface area (Å²) in [6, 6.07) is 5.01. The summed E-state index contributed by atoms with van der Waals surface area (Å²) >= 11 is 3.15. The molecule has 6 nitrogen and oxygen atoms in total. The third kappa shape index (κ3) is 5.23. The van der Waals surface area contributed by atoms with Gasteiger partial charge in [0, 0.05) is 26.3 Å². The third-order valence-electron chi connectivity index (χ3n) is 2.54. The maximum absolute atomic E-state index is 10.8. The van der Waals surface area contributed by atoms with Crippen LogP contribution in [0, 0.1) is 10.1 Å². The Morgan fingerprint density at radius 3 is 2.84 bits per heavy atom. The Morgan fingerprint density at radius 2 is 2.26 bits per heavy atom. The summed E-state index contributed by atoms with van der Waals surface area (Å²) in [6.45, 7) is 1.23. The fourth-order valence-corrected chi connectivity index (χ4v) is 2.17. The molecule has 106 valence electrons. The molecule has 19 heavy (non-hydrogen) atoms. The molecule has 1 rings (SSSR count). The van der Waals surface area contributed by atoms with Gasteiger partial charge in [0.25, 0.3) is 5.69 Å². The summed E-state index contributed by atoms with van der Waals surface area (Å²) in [6.07, 6.45) is -0.569. The predicted octanol–water partition coefficient (Wildman–Crippen LogP) is 1.80. The second-order valence-electron chi connectivity index (χ2n) is 4.35. The van der Waals surface area contributed by atoms with Gasteiger partial charge in [0.2, 0.25) is 0 Å². The quantitative estimate of drug-likeness (QED) is 0.608. The highest BCUT2D eigenvalue weighted by atomic mass is 79.9. The van der Waals surface area contributed by atoms with Crippen molar-refractivity contribution in [2.45, 2.75) is 12.6 Å². The van der Waals surface area contributed by atoms with Gasteiger partial charge < -0.3 is 9.84 Å². The molecule has 0 aromatic heterocycles. The van der Waals surface area contributed by atoms with Crippen LogP contribution in [-0.4, -0.2) is 48.3 Å². The summed E-state index contributed by atoms with van der Waals surface area (Å²) < 4.78 is 5.31. The summed E-state index contributed by atoms with van der Waals surface area (Å²) in [5.41, 5.74) is 0.866. The topological polar surface area (TPSA) is 75.8 Å². The summed E-state index contributed by atoms with van der Waals surface area (Å²) in [5, 5.41) is 20.4. The number of hydrogen-bond acceptors (Lipinski definition) is 5. The van der Waals surface area contributed by atoms with Gasteiger partial charge in [-0.3, -0.25) is 15.0 Å². The van der Waals surface area contributed by atoms with E-state index in [-0.39, 0.29) is 12.3 Å². The van der Waals surface area contributed by atoms with Crippen LogP contribution in [-0.2, 0) is 11.3 Å². The molecular formula is C12H17BrN2O4. The van der Waals surface area contributed by atoms with Gasteiger partial charge in [-0.2, -0.15) is 0 Å². The van der Waals surface area contributed by atoms with E-state index < -0.39 is 11.0 Å². The highest BCUT2D eigenvalue weighted by molar-refractivity contribution is 9.10. The molecule has 0 aliphatic heterocycles. The number of aliphatic hydroxyl groups is 1. The average Bonchev–Trinajstić information content (AvgIpc) is 2.31. The average molecular weight is 333 g/mol. The zero-order valence-electron chi connectivity index (χ0n) is 10.9. The minimum Gasteiger partial charge on any atom is -0.389 e. The Morgan fingerprint density at radius 1 is 1.58 bits per heavy atom. The Balaban J connectivity index is 2.66. The van der Waals surface area contributed by atoms with Crippen LogP contribution in [0.3, 0.4) is 0 Å². The van der Waals surface area contributed by atoms with E-state index in [4.69, 9.17) is 4.74 Å². The lowest BCUT2D eigenvalue weighted by molar-refractivity contribution is -0.385. The standard InChI is InChI=1S/C12H17BrN2O4/c1-14(7-10(16)8-19-2)6-9-3-4-11(13)12(5-9)15(17)18/h3-5,10,16H,6-8H2,1-2H3. The third-order valence-corrected chi connectivity index (χ3v) is 3.21. The molecule has 0 aliphatic rings. The largest absolute Gasteiger partial charge is 0.389 e. The van der Waals surface area contributed by atoms with Crippen molar-refractivity contribution in [2.75, 3.05) is 27.3 Å². The Hall–Kier alpha value is -1.02. The molecule has 0 aliphatic carbocycles. The van der Waals surface area contributed by atoms with E-state index in [1.54, 1.807) is 6.07 Å². The first-order valence-corrected chi connectivity index (χ1v) is 6.51. The van der Waals surface area contributed by atoms with Crippen LogP contribution >= 0.6 is 15.9 Å². The maximum Gasteiger partial charge on any atom is 0.283 e. The Labute approximate surface area is 120 Å². The monoisotopic (exact) mass is 332 g/mol. The Kier molecular flexibility index (Phi) is 6.36. The van der Waals surface area contributed by atoms with Crippen molar-refractivity contribution in [3.05, 3.63) is 38.3 Å². The lowest BCUT2D eigenvalue weighted by Crippen LogP contribution is -2.31. The van der Waals surface area contributed by atoms with E-state index in [9.17, 15) is 15.2 Å². The first-order valence-electron chi connectivity index (χ1n) is 5.72. The van der Waals surface area contributed by atoms with E-state index in [0.29, 0.717) is 17.6 Å². The highest BCUT2D eigenvalue weighted by Crippen LogP contribution is 2.26. The number of rotatable bonds is 7. The molecule has 0 amide bonds. The lowest BCUT2D eigenvalue weighted by Gasteiger charge is -2.20. The second-order valence-corrected chi connectivity index (χ2v) is 5.20. The normalized spacial score (nSPS) is 12.7. The van der Waals surface area contributed by atoms with Gasteiger partial charge >= 0.3 is 0 Å². The summed E-state index contributed by atoms with van der Waals surface area (Å²) in [7, 11) is 3.37. The predicted molar refractivity (Wildman–Crippen MR) is 75.0 cm³/mol. The van der Waals surface area contributed by atoms with Gasteiger partial charge in [0.15, 0.2) is 0 Å². The molecule has 1 atom stereocenters. The van der Waals surface area contributed by atoms with Gasteiger partial charge in [0.1, 0.15) is 0 Å². The van der Waals surface area contributed by atoms with E-state index >= 15 is 0 Å². The van der Waals surface area contributed by atoms with Gasteiger partial charge in [0.05, 0.1) is 22.1 Å². The van der Waals surface area contributed by atoms with Gasteiger partial charge in [-0.1, -0.05) is 6.07 Å².